The number of carbonyl (C=O) groups is 3. The number of hydrogen-bond donors (Lipinski definition) is 2. The third-order valence-electron chi connectivity index (χ3n) is 9.10. The van der Waals surface area contributed by atoms with Gasteiger partial charge in [-0.2, -0.15) is 5.10 Å². The number of aromatic nitrogens is 2. The predicted octanol–water partition coefficient (Wildman–Crippen LogP) is 4.58. The Morgan fingerprint density at radius 2 is 1.57 bits per heavy atom. The number of ether oxygens (including phenoxy) is 5. The Morgan fingerprint density at radius 3 is 2.25 bits per heavy atom. The highest BCUT2D eigenvalue weighted by Gasteiger charge is 2.44. The van der Waals surface area contributed by atoms with Crippen molar-refractivity contribution < 1.29 is 38.1 Å². The molecule has 13 heteroatoms. The van der Waals surface area contributed by atoms with Crippen LogP contribution >= 0.6 is 0 Å². The van der Waals surface area contributed by atoms with Gasteiger partial charge in [0.05, 0.1) is 26.5 Å². The van der Waals surface area contributed by atoms with E-state index in [4.69, 9.17) is 23.7 Å². The van der Waals surface area contributed by atoms with Gasteiger partial charge >= 0.3 is 0 Å². The zero-order valence-corrected chi connectivity index (χ0v) is 29.3. The van der Waals surface area contributed by atoms with Crippen molar-refractivity contribution in [2.75, 3.05) is 40.5 Å². The van der Waals surface area contributed by atoms with E-state index in [9.17, 15) is 14.4 Å². The number of nitrogens with zero attached hydrogens (tertiary/aromatic N) is 3. The molecule has 1 aromatic heterocycles. The zero-order valence-electron chi connectivity index (χ0n) is 29.3. The third kappa shape index (κ3) is 8.19. The van der Waals surface area contributed by atoms with Gasteiger partial charge in [-0.05, 0) is 80.1 Å². The fraction of sp³-hybridized carbons (Fsp3) is 0.368. The number of likely N-dealkylation sites (tertiary alicyclic amines) is 1. The standard InChI is InChI=1S/C38H43N5O8/c1-25-21-26(2)43(41-25)17-13-35(44)42-18-14-38(15-19-42)37(46)40-24-27-5-11-31(33(22-27)47-3)50-32-12-6-28(23-34(32)48-4)36(45)39-16-20-49-29-7-9-30(51-38)10-8-29/h5-12,21-23H,13-20,24H2,1-4H3,(H,39,45)(H,40,46). The molecule has 0 atom stereocenters. The maximum absolute atomic E-state index is 14.1. The van der Waals surface area contributed by atoms with Crippen LogP contribution in [-0.4, -0.2) is 78.5 Å². The van der Waals surface area contributed by atoms with Crippen LogP contribution < -0.4 is 34.3 Å². The van der Waals surface area contributed by atoms with Crippen molar-refractivity contribution in [2.24, 2.45) is 0 Å². The Labute approximate surface area is 296 Å². The van der Waals surface area contributed by atoms with Crippen molar-refractivity contribution in [3.63, 3.8) is 0 Å². The van der Waals surface area contributed by atoms with Gasteiger partial charge < -0.3 is 39.2 Å². The van der Waals surface area contributed by atoms with E-state index in [0.717, 1.165) is 17.0 Å². The number of rotatable bonds is 5. The molecule has 7 aliphatic heterocycles. The third-order valence-corrected chi connectivity index (χ3v) is 9.10. The summed E-state index contributed by atoms with van der Waals surface area (Å²) in [6.07, 6.45) is 0.921. The van der Waals surface area contributed by atoms with Crippen LogP contribution in [0.5, 0.6) is 34.5 Å². The first kappa shape index (κ1) is 35.1. The van der Waals surface area contributed by atoms with Crippen molar-refractivity contribution in [2.45, 2.75) is 51.8 Å². The maximum atomic E-state index is 14.1. The second kappa shape index (κ2) is 15.4. The molecule has 0 saturated carbocycles. The molecule has 8 heterocycles. The predicted molar refractivity (Wildman–Crippen MR) is 188 cm³/mol. The summed E-state index contributed by atoms with van der Waals surface area (Å²) in [4.78, 5) is 41.9. The number of hydrogen-bond acceptors (Lipinski definition) is 9. The van der Waals surface area contributed by atoms with Gasteiger partial charge in [-0.25, -0.2) is 0 Å². The zero-order chi connectivity index (χ0) is 36.0. The molecule has 51 heavy (non-hydrogen) atoms. The molecule has 6 bridgehead atoms. The molecule has 13 nitrogen and oxygen atoms in total. The van der Waals surface area contributed by atoms with E-state index in [0.29, 0.717) is 79.0 Å². The molecule has 1 saturated heterocycles. The van der Waals surface area contributed by atoms with Gasteiger partial charge in [0, 0.05) is 56.7 Å². The van der Waals surface area contributed by atoms with Gasteiger partial charge in [0.2, 0.25) is 5.91 Å². The molecule has 0 aliphatic carbocycles. The molecule has 2 N–H and O–H groups in total. The molecule has 3 aromatic carbocycles. The average molecular weight is 698 g/mol. The van der Waals surface area contributed by atoms with Crippen molar-refractivity contribution >= 4 is 17.7 Å². The SMILES string of the molecule is COc1cc2ccc1Oc1ccc(cc1OC)C(=O)NCCOc1ccc(cc1)OC1(CCN(C(=O)CCn3nc(C)cc3C)CC1)C(=O)NC2. The Kier molecular flexibility index (Phi) is 10.6. The number of nitrogens with one attached hydrogen (secondary N) is 2. The molecular weight excluding hydrogens is 654 g/mol. The number of aryl methyl sites for hydroxylation is 3. The van der Waals surface area contributed by atoms with Crippen LogP contribution in [0.15, 0.2) is 66.7 Å². The Hall–Kier alpha value is -5.72. The molecule has 1 spiro atoms. The fourth-order valence-electron chi connectivity index (χ4n) is 6.28. The number of amides is 3. The highest BCUT2D eigenvalue weighted by Crippen LogP contribution is 2.38. The molecule has 7 aliphatic rings. The summed E-state index contributed by atoms with van der Waals surface area (Å²) < 4.78 is 31.5. The highest BCUT2D eigenvalue weighted by molar-refractivity contribution is 5.95. The van der Waals surface area contributed by atoms with E-state index in [1.807, 2.05) is 30.7 Å². The first-order chi connectivity index (χ1) is 24.7. The number of piperidine rings is 1. The van der Waals surface area contributed by atoms with Gasteiger partial charge in [0.25, 0.3) is 11.8 Å². The minimum absolute atomic E-state index is 0.00695. The van der Waals surface area contributed by atoms with Crippen LogP contribution in [0.3, 0.4) is 0 Å². The fourth-order valence-corrected chi connectivity index (χ4v) is 6.28. The molecule has 0 unspecified atom stereocenters. The van der Waals surface area contributed by atoms with Gasteiger partial charge in [-0.3, -0.25) is 19.1 Å². The Morgan fingerprint density at radius 1 is 0.882 bits per heavy atom. The van der Waals surface area contributed by atoms with Crippen LogP contribution in [-0.2, 0) is 22.7 Å². The van der Waals surface area contributed by atoms with E-state index in [1.54, 1.807) is 59.5 Å². The van der Waals surface area contributed by atoms with Crippen LogP contribution in [0, 0.1) is 13.8 Å². The quantitative estimate of drug-likeness (QED) is 0.307. The van der Waals surface area contributed by atoms with Crippen molar-refractivity contribution in [3.05, 3.63) is 89.2 Å². The molecule has 0 radical (unpaired) electrons. The summed E-state index contributed by atoms with van der Waals surface area (Å²) in [6.45, 7) is 5.81. The van der Waals surface area contributed by atoms with E-state index in [2.05, 4.69) is 15.7 Å². The molecule has 268 valence electrons. The minimum atomic E-state index is -1.22. The summed E-state index contributed by atoms with van der Waals surface area (Å²) in [5.74, 6) is 2.16. The van der Waals surface area contributed by atoms with Crippen molar-refractivity contribution in [1.29, 1.82) is 0 Å². The Balaban J connectivity index is 1.22. The van der Waals surface area contributed by atoms with Crippen LogP contribution in [0.1, 0.15) is 46.6 Å². The minimum Gasteiger partial charge on any atom is -0.493 e. The first-order valence-electron chi connectivity index (χ1n) is 17.0. The summed E-state index contributed by atoms with van der Waals surface area (Å²) in [5, 5.41) is 10.4. The lowest BCUT2D eigenvalue weighted by Crippen LogP contribution is -2.58. The number of methoxy groups -OCH3 is 2. The molecule has 3 amide bonds. The highest BCUT2D eigenvalue weighted by atomic mass is 16.5. The van der Waals surface area contributed by atoms with Gasteiger partial charge in [0.15, 0.2) is 28.6 Å². The molecule has 1 fully saturated rings. The van der Waals surface area contributed by atoms with E-state index >= 15 is 0 Å². The van der Waals surface area contributed by atoms with Crippen molar-refractivity contribution in [3.8, 4) is 34.5 Å². The second-order valence-electron chi connectivity index (χ2n) is 12.6. The van der Waals surface area contributed by atoms with E-state index < -0.39 is 5.60 Å². The Bertz CT molecular complexity index is 1880. The summed E-state index contributed by atoms with van der Waals surface area (Å²) in [5.41, 5.74) is 1.89. The molecule has 11 rings (SSSR count). The monoisotopic (exact) mass is 697 g/mol. The average Bonchev–Trinajstić information content (AvgIpc) is 3.48. The summed E-state index contributed by atoms with van der Waals surface area (Å²) in [6, 6.07) is 19.3. The molecular formula is C38H43N5O8. The lowest BCUT2D eigenvalue weighted by atomic mass is 9.89. The van der Waals surface area contributed by atoms with Crippen LogP contribution in [0.25, 0.3) is 0 Å². The smallest absolute Gasteiger partial charge is 0.264 e. The second-order valence-corrected chi connectivity index (χ2v) is 12.6. The number of benzene rings is 3. The van der Waals surface area contributed by atoms with Gasteiger partial charge in [-0.1, -0.05) is 6.07 Å². The number of carbonyl (C=O) groups excluding carboxylic acids is 3. The summed E-state index contributed by atoms with van der Waals surface area (Å²) in [7, 11) is 3.03. The van der Waals surface area contributed by atoms with E-state index in [1.165, 1.54) is 14.2 Å². The maximum Gasteiger partial charge on any atom is 0.264 e. The van der Waals surface area contributed by atoms with Gasteiger partial charge in [-0.15, -0.1) is 0 Å². The van der Waals surface area contributed by atoms with Gasteiger partial charge in [0.1, 0.15) is 18.1 Å². The normalized spacial score (nSPS) is 16.1. The first-order valence-corrected chi connectivity index (χ1v) is 17.0. The lowest BCUT2D eigenvalue weighted by Gasteiger charge is -2.40. The van der Waals surface area contributed by atoms with Crippen LogP contribution in [0.2, 0.25) is 0 Å². The topological polar surface area (TPSA) is 142 Å². The largest absolute Gasteiger partial charge is 0.493 e. The lowest BCUT2D eigenvalue weighted by molar-refractivity contribution is -0.146. The summed E-state index contributed by atoms with van der Waals surface area (Å²) >= 11 is 0. The van der Waals surface area contributed by atoms with Crippen molar-refractivity contribution in [1.82, 2.24) is 25.3 Å². The molecule has 4 aromatic rings. The van der Waals surface area contributed by atoms with E-state index in [-0.39, 0.29) is 37.4 Å². The van der Waals surface area contributed by atoms with Crippen LogP contribution in [0.4, 0.5) is 0 Å².